The van der Waals surface area contributed by atoms with E-state index in [1.807, 2.05) is 12.1 Å². The van der Waals surface area contributed by atoms with E-state index in [-0.39, 0.29) is 12.0 Å². The molecule has 0 spiro atoms. The van der Waals surface area contributed by atoms with Gasteiger partial charge in [0.1, 0.15) is 11.9 Å². The summed E-state index contributed by atoms with van der Waals surface area (Å²) in [6, 6.07) is 7.35. The predicted octanol–water partition coefficient (Wildman–Crippen LogP) is 1.41. The molecule has 2 aromatic rings. The Kier molecular flexibility index (Phi) is 5.98. The fraction of sp³-hybridized carbons (Fsp3) is 0.450. The van der Waals surface area contributed by atoms with Crippen molar-refractivity contribution >= 4 is 11.7 Å². The molecule has 2 aliphatic rings. The molecule has 28 heavy (non-hydrogen) atoms. The Morgan fingerprint density at radius 3 is 2.82 bits per heavy atom. The van der Waals surface area contributed by atoms with Crippen LogP contribution in [0.2, 0.25) is 0 Å². The van der Waals surface area contributed by atoms with Gasteiger partial charge in [-0.2, -0.15) is 0 Å². The summed E-state index contributed by atoms with van der Waals surface area (Å²) in [6.07, 6.45) is 4.21. The average Bonchev–Trinajstić information content (AvgIpc) is 3.26. The number of ether oxygens (including phenoxy) is 3. The molecule has 4 heterocycles. The van der Waals surface area contributed by atoms with Crippen LogP contribution in [0.4, 0.5) is 5.82 Å². The molecule has 2 fully saturated rings. The SMILES string of the molecule is O=C(NCc1ccnc(N2CCOCC2)c1)c1ccc(OC2CCOC2)nc1. The van der Waals surface area contributed by atoms with Gasteiger partial charge < -0.3 is 24.4 Å². The second kappa shape index (κ2) is 8.99. The van der Waals surface area contributed by atoms with Crippen molar-refractivity contribution in [2.75, 3.05) is 44.4 Å². The fourth-order valence-corrected chi connectivity index (χ4v) is 3.18. The Labute approximate surface area is 163 Å². The minimum atomic E-state index is -0.173. The van der Waals surface area contributed by atoms with Gasteiger partial charge >= 0.3 is 0 Å². The van der Waals surface area contributed by atoms with E-state index in [4.69, 9.17) is 14.2 Å². The van der Waals surface area contributed by atoms with E-state index in [1.54, 1.807) is 18.3 Å². The van der Waals surface area contributed by atoms with E-state index in [0.29, 0.717) is 44.4 Å². The number of carbonyl (C=O) groups excluding carboxylic acids is 1. The highest BCUT2D eigenvalue weighted by molar-refractivity contribution is 5.93. The zero-order chi connectivity index (χ0) is 19.2. The first-order chi connectivity index (χ1) is 13.8. The van der Waals surface area contributed by atoms with E-state index in [1.165, 1.54) is 6.20 Å². The molecule has 2 saturated heterocycles. The van der Waals surface area contributed by atoms with Crippen LogP contribution in [0.15, 0.2) is 36.7 Å². The minimum Gasteiger partial charge on any atom is -0.472 e. The van der Waals surface area contributed by atoms with Gasteiger partial charge in [-0.25, -0.2) is 9.97 Å². The molecule has 0 aromatic carbocycles. The van der Waals surface area contributed by atoms with Crippen LogP contribution >= 0.6 is 0 Å². The average molecular weight is 384 g/mol. The summed E-state index contributed by atoms with van der Waals surface area (Å²) in [4.78, 5) is 23.2. The van der Waals surface area contributed by atoms with Gasteiger partial charge in [-0.3, -0.25) is 4.79 Å². The summed E-state index contributed by atoms with van der Waals surface area (Å²) in [5, 5.41) is 2.93. The maximum Gasteiger partial charge on any atom is 0.253 e. The third-order valence-corrected chi connectivity index (χ3v) is 4.77. The van der Waals surface area contributed by atoms with Gasteiger partial charge in [-0.05, 0) is 23.8 Å². The van der Waals surface area contributed by atoms with E-state index < -0.39 is 0 Å². The van der Waals surface area contributed by atoms with Gasteiger partial charge in [0.25, 0.3) is 5.91 Å². The summed E-state index contributed by atoms with van der Waals surface area (Å²) in [7, 11) is 0. The molecule has 8 nitrogen and oxygen atoms in total. The van der Waals surface area contributed by atoms with Crippen molar-refractivity contribution in [2.45, 2.75) is 19.1 Å². The molecule has 0 radical (unpaired) electrons. The second-order valence-corrected chi connectivity index (χ2v) is 6.79. The van der Waals surface area contributed by atoms with Crippen LogP contribution in [0, 0.1) is 0 Å². The molecule has 0 saturated carbocycles. The van der Waals surface area contributed by atoms with Crippen molar-refractivity contribution in [1.82, 2.24) is 15.3 Å². The lowest BCUT2D eigenvalue weighted by atomic mass is 10.2. The smallest absolute Gasteiger partial charge is 0.253 e. The van der Waals surface area contributed by atoms with Crippen molar-refractivity contribution in [3.63, 3.8) is 0 Å². The van der Waals surface area contributed by atoms with Crippen LogP contribution in [0.3, 0.4) is 0 Å². The second-order valence-electron chi connectivity index (χ2n) is 6.79. The monoisotopic (exact) mass is 384 g/mol. The number of anilines is 1. The van der Waals surface area contributed by atoms with Gasteiger partial charge in [0.05, 0.1) is 32.0 Å². The molecule has 0 bridgehead atoms. The number of morpholine rings is 1. The molecule has 2 aliphatic heterocycles. The lowest BCUT2D eigenvalue weighted by Crippen LogP contribution is -2.36. The van der Waals surface area contributed by atoms with Crippen LogP contribution in [-0.2, 0) is 16.0 Å². The van der Waals surface area contributed by atoms with Crippen molar-refractivity contribution in [3.05, 3.63) is 47.8 Å². The number of hydrogen-bond donors (Lipinski definition) is 1. The van der Waals surface area contributed by atoms with Crippen molar-refractivity contribution in [3.8, 4) is 5.88 Å². The molecule has 1 atom stereocenters. The largest absolute Gasteiger partial charge is 0.472 e. The van der Waals surface area contributed by atoms with Crippen molar-refractivity contribution in [2.24, 2.45) is 0 Å². The zero-order valence-corrected chi connectivity index (χ0v) is 15.7. The molecular formula is C20H24N4O4. The van der Waals surface area contributed by atoms with E-state index in [2.05, 4.69) is 20.2 Å². The Bertz CT molecular complexity index is 787. The van der Waals surface area contributed by atoms with E-state index in [0.717, 1.165) is 30.9 Å². The quantitative estimate of drug-likeness (QED) is 0.806. The van der Waals surface area contributed by atoms with Crippen molar-refractivity contribution < 1.29 is 19.0 Å². The third-order valence-electron chi connectivity index (χ3n) is 4.77. The summed E-state index contributed by atoms with van der Waals surface area (Å²) in [5.41, 5.74) is 1.50. The van der Waals surface area contributed by atoms with Gasteiger partial charge in [0.15, 0.2) is 0 Å². The third kappa shape index (κ3) is 4.76. The van der Waals surface area contributed by atoms with E-state index >= 15 is 0 Å². The van der Waals surface area contributed by atoms with Crippen LogP contribution in [-0.4, -0.2) is 61.5 Å². The standard InChI is InChI=1S/C20H24N4O4/c25-20(16-1-2-19(22-13-16)28-17-4-8-27-14-17)23-12-15-3-5-21-18(11-15)24-6-9-26-10-7-24/h1-3,5,11,13,17H,4,6-10,12,14H2,(H,23,25). The van der Waals surface area contributed by atoms with E-state index in [9.17, 15) is 4.79 Å². The van der Waals surface area contributed by atoms with Gasteiger partial charge in [-0.1, -0.05) is 0 Å². The molecule has 2 aromatic heterocycles. The maximum atomic E-state index is 12.4. The molecule has 1 N–H and O–H groups in total. The molecule has 8 heteroatoms. The van der Waals surface area contributed by atoms with Crippen LogP contribution in [0.5, 0.6) is 5.88 Å². The summed E-state index contributed by atoms with van der Waals surface area (Å²) in [6.45, 7) is 4.81. The first-order valence-electron chi connectivity index (χ1n) is 9.54. The van der Waals surface area contributed by atoms with Crippen LogP contribution in [0.25, 0.3) is 0 Å². The Balaban J connectivity index is 1.31. The topological polar surface area (TPSA) is 85.8 Å². The number of aromatic nitrogens is 2. The van der Waals surface area contributed by atoms with Crippen LogP contribution in [0.1, 0.15) is 22.3 Å². The lowest BCUT2D eigenvalue weighted by Gasteiger charge is -2.28. The fourth-order valence-electron chi connectivity index (χ4n) is 3.18. The maximum absolute atomic E-state index is 12.4. The highest BCUT2D eigenvalue weighted by Gasteiger charge is 2.18. The van der Waals surface area contributed by atoms with Gasteiger partial charge in [0.2, 0.25) is 5.88 Å². The summed E-state index contributed by atoms with van der Waals surface area (Å²) in [5.74, 6) is 1.25. The molecule has 148 valence electrons. The molecular weight excluding hydrogens is 360 g/mol. The van der Waals surface area contributed by atoms with Crippen molar-refractivity contribution in [1.29, 1.82) is 0 Å². The number of nitrogens with one attached hydrogen (secondary N) is 1. The number of carbonyl (C=O) groups is 1. The van der Waals surface area contributed by atoms with Crippen LogP contribution < -0.4 is 15.0 Å². The summed E-state index contributed by atoms with van der Waals surface area (Å²) < 4.78 is 16.4. The minimum absolute atomic E-state index is 0.0412. The number of rotatable bonds is 6. The number of hydrogen-bond acceptors (Lipinski definition) is 7. The summed E-state index contributed by atoms with van der Waals surface area (Å²) >= 11 is 0. The van der Waals surface area contributed by atoms with Gasteiger partial charge in [-0.15, -0.1) is 0 Å². The molecule has 4 rings (SSSR count). The first-order valence-corrected chi connectivity index (χ1v) is 9.54. The first kappa shape index (κ1) is 18.6. The highest BCUT2D eigenvalue weighted by atomic mass is 16.5. The van der Waals surface area contributed by atoms with Gasteiger partial charge in [0, 0.05) is 44.5 Å². The molecule has 1 unspecified atom stereocenters. The predicted molar refractivity (Wildman–Crippen MR) is 103 cm³/mol. The number of pyridine rings is 2. The number of amides is 1. The zero-order valence-electron chi connectivity index (χ0n) is 15.7. The number of nitrogens with zero attached hydrogens (tertiary/aromatic N) is 3. The molecule has 1 amide bonds. The Morgan fingerprint density at radius 1 is 1.18 bits per heavy atom. The Morgan fingerprint density at radius 2 is 2.07 bits per heavy atom. The Hall–Kier alpha value is -2.71. The lowest BCUT2D eigenvalue weighted by molar-refractivity contribution is 0.0950. The normalized spacial score (nSPS) is 19.4. The highest BCUT2D eigenvalue weighted by Crippen LogP contribution is 2.16. The molecule has 0 aliphatic carbocycles.